The number of carbonyl (C=O) groups is 1. The molecule has 3 N–H and O–H groups in total. The van der Waals surface area contributed by atoms with Crippen LogP contribution in [0.15, 0.2) is 35.1 Å². The molecule has 16 heavy (non-hydrogen) atoms. The maximum Gasteiger partial charge on any atom is 0.273 e. The molecule has 82 valence electrons. The van der Waals surface area contributed by atoms with Gasteiger partial charge in [-0.25, -0.2) is 0 Å². The maximum absolute atomic E-state index is 11.6. The standard InChI is InChI=1S/C11H11N3O2/c1-7-3-2-4-8(5-7)12-11(16)9-6-10(15)14-13-9/h2-6H,1H3,(H,12,16)(H2,13,14,15). The first-order valence-electron chi connectivity index (χ1n) is 4.81. The molecule has 0 saturated heterocycles. The van der Waals surface area contributed by atoms with Crippen LogP contribution in [0.3, 0.4) is 0 Å². The molecule has 0 saturated carbocycles. The Balaban J connectivity index is 2.16. The lowest BCUT2D eigenvalue weighted by molar-refractivity contribution is 0.102. The Morgan fingerprint density at radius 1 is 1.25 bits per heavy atom. The Hall–Kier alpha value is -2.30. The van der Waals surface area contributed by atoms with E-state index in [0.29, 0.717) is 5.69 Å². The summed E-state index contributed by atoms with van der Waals surface area (Å²) < 4.78 is 0. The second-order valence-corrected chi connectivity index (χ2v) is 3.50. The molecule has 1 aromatic carbocycles. The largest absolute Gasteiger partial charge is 0.321 e. The van der Waals surface area contributed by atoms with Crippen LogP contribution < -0.4 is 10.9 Å². The normalized spacial score (nSPS) is 10.1. The Morgan fingerprint density at radius 3 is 2.69 bits per heavy atom. The highest BCUT2D eigenvalue weighted by molar-refractivity contribution is 6.02. The molecule has 2 aromatic rings. The van der Waals surface area contributed by atoms with Gasteiger partial charge in [0, 0.05) is 11.8 Å². The van der Waals surface area contributed by atoms with Gasteiger partial charge in [-0.1, -0.05) is 12.1 Å². The third-order valence-corrected chi connectivity index (χ3v) is 2.12. The lowest BCUT2D eigenvalue weighted by atomic mass is 10.2. The summed E-state index contributed by atoms with van der Waals surface area (Å²) in [4.78, 5) is 22.5. The Bertz CT molecular complexity index is 568. The van der Waals surface area contributed by atoms with Crippen molar-refractivity contribution < 1.29 is 4.79 Å². The van der Waals surface area contributed by atoms with Crippen LogP contribution in [0.5, 0.6) is 0 Å². The summed E-state index contributed by atoms with van der Waals surface area (Å²) in [7, 11) is 0. The van der Waals surface area contributed by atoms with Gasteiger partial charge in [0.05, 0.1) is 0 Å². The summed E-state index contributed by atoms with van der Waals surface area (Å²) in [6, 6.07) is 8.64. The number of benzene rings is 1. The lowest BCUT2D eigenvalue weighted by Crippen LogP contribution is -2.12. The number of hydrogen-bond donors (Lipinski definition) is 3. The van der Waals surface area contributed by atoms with Crippen molar-refractivity contribution in [3.8, 4) is 0 Å². The minimum Gasteiger partial charge on any atom is -0.321 e. The number of aromatic nitrogens is 2. The first-order chi connectivity index (χ1) is 7.65. The Labute approximate surface area is 91.5 Å². The van der Waals surface area contributed by atoms with Crippen LogP contribution in [-0.2, 0) is 0 Å². The van der Waals surface area contributed by atoms with Gasteiger partial charge >= 0.3 is 0 Å². The molecule has 0 fully saturated rings. The van der Waals surface area contributed by atoms with E-state index < -0.39 is 0 Å². The molecular weight excluding hydrogens is 206 g/mol. The molecule has 0 aliphatic rings. The van der Waals surface area contributed by atoms with Crippen molar-refractivity contribution >= 4 is 11.6 Å². The quantitative estimate of drug-likeness (QED) is 0.708. The molecule has 5 nitrogen and oxygen atoms in total. The van der Waals surface area contributed by atoms with Crippen molar-refractivity contribution in [2.75, 3.05) is 5.32 Å². The molecule has 0 aliphatic heterocycles. The minimum absolute atomic E-state index is 0.214. The molecule has 0 bridgehead atoms. The molecule has 1 aromatic heterocycles. The number of carbonyl (C=O) groups excluding carboxylic acids is 1. The van der Waals surface area contributed by atoms with Gasteiger partial charge in [-0.05, 0) is 24.6 Å². The van der Waals surface area contributed by atoms with E-state index in [2.05, 4.69) is 15.5 Å². The molecule has 1 amide bonds. The van der Waals surface area contributed by atoms with E-state index >= 15 is 0 Å². The third-order valence-electron chi connectivity index (χ3n) is 2.12. The maximum atomic E-state index is 11.6. The molecular formula is C11H11N3O2. The Kier molecular flexibility index (Phi) is 2.59. The predicted molar refractivity (Wildman–Crippen MR) is 60.5 cm³/mol. The van der Waals surface area contributed by atoms with Gasteiger partial charge < -0.3 is 5.32 Å². The lowest BCUT2D eigenvalue weighted by Gasteiger charge is -2.03. The summed E-state index contributed by atoms with van der Waals surface area (Å²) in [5, 5.41) is 7.48. The van der Waals surface area contributed by atoms with Gasteiger partial charge in [-0.2, -0.15) is 0 Å². The number of aromatic amines is 2. The van der Waals surface area contributed by atoms with E-state index in [9.17, 15) is 9.59 Å². The van der Waals surface area contributed by atoms with Crippen LogP contribution in [0.2, 0.25) is 0 Å². The third kappa shape index (κ3) is 2.20. The number of amides is 1. The molecule has 0 atom stereocenters. The molecule has 0 unspecified atom stereocenters. The van der Waals surface area contributed by atoms with E-state index in [1.54, 1.807) is 6.07 Å². The SMILES string of the molecule is Cc1cccc(NC(=O)c2cc(=O)[nH][nH]2)c1. The van der Waals surface area contributed by atoms with Crippen LogP contribution in [0.1, 0.15) is 16.1 Å². The molecule has 0 spiro atoms. The van der Waals surface area contributed by atoms with Crippen molar-refractivity contribution in [1.29, 1.82) is 0 Å². The zero-order valence-corrected chi connectivity index (χ0v) is 8.70. The van der Waals surface area contributed by atoms with Crippen LogP contribution in [0, 0.1) is 6.92 Å². The number of aryl methyl sites for hydroxylation is 1. The predicted octanol–water partition coefficient (Wildman–Crippen LogP) is 1.26. The van der Waals surface area contributed by atoms with Gasteiger partial charge in [0.1, 0.15) is 5.69 Å². The van der Waals surface area contributed by atoms with Crippen molar-refractivity contribution in [2.24, 2.45) is 0 Å². The zero-order chi connectivity index (χ0) is 11.5. The van der Waals surface area contributed by atoms with Crippen molar-refractivity contribution in [3.05, 3.63) is 51.9 Å². The number of anilines is 1. The summed E-state index contributed by atoms with van der Waals surface area (Å²) in [5.74, 6) is -0.344. The second-order valence-electron chi connectivity index (χ2n) is 3.50. The summed E-state index contributed by atoms with van der Waals surface area (Å²) in [6.45, 7) is 1.94. The molecule has 2 rings (SSSR count). The average Bonchev–Trinajstić information content (AvgIpc) is 2.65. The Morgan fingerprint density at radius 2 is 2.06 bits per heavy atom. The van der Waals surface area contributed by atoms with Gasteiger partial charge in [-0.15, -0.1) is 0 Å². The highest BCUT2D eigenvalue weighted by Crippen LogP contribution is 2.10. The number of H-pyrrole nitrogens is 2. The summed E-state index contributed by atoms with van der Waals surface area (Å²) >= 11 is 0. The number of rotatable bonds is 2. The first kappa shape index (κ1) is 10.2. The molecule has 0 aliphatic carbocycles. The van der Waals surface area contributed by atoms with E-state index in [4.69, 9.17) is 0 Å². The second kappa shape index (κ2) is 4.06. The number of nitrogens with one attached hydrogen (secondary N) is 3. The highest BCUT2D eigenvalue weighted by Gasteiger charge is 2.07. The summed E-state index contributed by atoms with van der Waals surface area (Å²) in [6.07, 6.45) is 0. The monoisotopic (exact) mass is 217 g/mol. The first-order valence-corrected chi connectivity index (χ1v) is 4.81. The number of hydrogen-bond acceptors (Lipinski definition) is 2. The zero-order valence-electron chi connectivity index (χ0n) is 8.70. The topological polar surface area (TPSA) is 77.8 Å². The smallest absolute Gasteiger partial charge is 0.273 e. The van der Waals surface area contributed by atoms with E-state index in [1.165, 1.54) is 6.07 Å². The van der Waals surface area contributed by atoms with E-state index in [0.717, 1.165) is 5.56 Å². The average molecular weight is 217 g/mol. The van der Waals surface area contributed by atoms with Crippen molar-refractivity contribution in [1.82, 2.24) is 10.2 Å². The molecule has 1 heterocycles. The molecule has 5 heteroatoms. The van der Waals surface area contributed by atoms with Crippen molar-refractivity contribution in [3.63, 3.8) is 0 Å². The fourth-order valence-corrected chi connectivity index (χ4v) is 1.38. The highest BCUT2D eigenvalue weighted by atomic mass is 16.2. The van der Waals surface area contributed by atoms with Crippen LogP contribution in [0.4, 0.5) is 5.69 Å². The van der Waals surface area contributed by atoms with Gasteiger partial charge in [0.15, 0.2) is 0 Å². The van der Waals surface area contributed by atoms with Gasteiger partial charge in [0.25, 0.3) is 11.5 Å². The van der Waals surface area contributed by atoms with Gasteiger partial charge in [-0.3, -0.25) is 19.8 Å². The fraction of sp³-hybridized carbons (Fsp3) is 0.0909. The molecule has 0 radical (unpaired) electrons. The van der Waals surface area contributed by atoms with Crippen molar-refractivity contribution in [2.45, 2.75) is 6.92 Å². The summed E-state index contributed by atoms with van der Waals surface area (Å²) in [5.41, 5.74) is 1.65. The van der Waals surface area contributed by atoms with Crippen LogP contribution >= 0.6 is 0 Å². The van der Waals surface area contributed by atoms with E-state index in [-0.39, 0.29) is 17.2 Å². The van der Waals surface area contributed by atoms with E-state index in [1.807, 2.05) is 25.1 Å². The fourth-order valence-electron chi connectivity index (χ4n) is 1.38. The van der Waals surface area contributed by atoms with Gasteiger partial charge in [0.2, 0.25) is 0 Å². The van der Waals surface area contributed by atoms with Crippen LogP contribution in [0.25, 0.3) is 0 Å². The minimum atomic E-state index is -0.344. The van der Waals surface area contributed by atoms with Crippen LogP contribution in [-0.4, -0.2) is 16.1 Å².